The van der Waals surface area contributed by atoms with Crippen LogP contribution in [0.25, 0.3) is 0 Å². The molecule has 80 valence electrons. The van der Waals surface area contributed by atoms with Crippen LogP contribution >= 0.6 is 38.2 Å². The number of alkyl halides is 1. The Morgan fingerprint density at radius 1 is 1.47 bits per heavy atom. The Hall–Kier alpha value is -0.280. The third-order valence-corrected chi connectivity index (χ3v) is 4.06. The van der Waals surface area contributed by atoms with Gasteiger partial charge in [0.1, 0.15) is 11.0 Å². The third kappa shape index (κ3) is 2.85. The molecular weight excluding hydrogens is 325 g/mol. The van der Waals surface area contributed by atoms with Crippen molar-refractivity contribution < 1.29 is 8.42 Å². The molecule has 0 saturated carbocycles. The fourth-order valence-electron chi connectivity index (χ4n) is 0.987. The minimum absolute atomic E-state index is 0.00857. The van der Waals surface area contributed by atoms with Crippen molar-refractivity contribution in [1.82, 2.24) is 0 Å². The van der Waals surface area contributed by atoms with Gasteiger partial charge in [0.05, 0.1) is 5.56 Å². The van der Waals surface area contributed by atoms with E-state index < -0.39 is 9.05 Å². The molecular formula is C8H4BrCl2NO2S. The summed E-state index contributed by atoms with van der Waals surface area (Å²) in [7, 11) is 1.26. The van der Waals surface area contributed by atoms with Crippen LogP contribution < -0.4 is 0 Å². The Morgan fingerprint density at radius 3 is 2.47 bits per heavy atom. The summed E-state index contributed by atoms with van der Waals surface area (Å²) in [5.41, 5.74) is 0.556. The number of nitrogens with zero attached hydrogens (tertiary/aromatic N) is 1. The van der Waals surface area contributed by atoms with Gasteiger partial charge in [0.15, 0.2) is 0 Å². The van der Waals surface area contributed by atoms with Crippen LogP contribution in [0, 0.1) is 11.3 Å². The zero-order valence-electron chi connectivity index (χ0n) is 7.17. The van der Waals surface area contributed by atoms with Crippen LogP contribution in [0.5, 0.6) is 0 Å². The molecule has 0 radical (unpaired) electrons. The highest BCUT2D eigenvalue weighted by molar-refractivity contribution is 9.10. The van der Waals surface area contributed by atoms with Crippen LogP contribution in [-0.2, 0) is 14.9 Å². The predicted octanol–water partition coefficient (Wildman–Crippen LogP) is 2.99. The van der Waals surface area contributed by atoms with Crippen LogP contribution in [0.3, 0.4) is 0 Å². The summed E-state index contributed by atoms with van der Waals surface area (Å²) in [5.74, 6) is 0.131. The highest BCUT2D eigenvalue weighted by Gasteiger charge is 2.18. The van der Waals surface area contributed by atoms with Gasteiger partial charge in [-0.3, -0.25) is 0 Å². The first kappa shape index (κ1) is 12.8. The van der Waals surface area contributed by atoms with Gasteiger partial charge in [-0.25, -0.2) is 8.42 Å². The second kappa shape index (κ2) is 4.71. The number of rotatable bonds is 2. The molecule has 0 N–H and O–H groups in total. The van der Waals surface area contributed by atoms with Crippen molar-refractivity contribution in [3.05, 3.63) is 27.7 Å². The number of nitriles is 1. The molecule has 0 bridgehead atoms. The van der Waals surface area contributed by atoms with E-state index in [1.807, 2.05) is 0 Å². The molecule has 1 rings (SSSR count). The Labute approximate surface area is 105 Å². The molecule has 0 aromatic heterocycles. The SMILES string of the molecule is N#Cc1cc(Br)c(CCl)cc1S(=O)(=O)Cl. The lowest BCUT2D eigenvalue weighted by molar-refractivity contribution is 0.609. The molecule has 0 saturated heterocycles. The standard InChI is InChI=1S/C8H4BrCl2NO2S/c9-7-1-6(4-12)8(15(11,13)14)2-5(7)3-10/h1-2H,3H2. The molecule has 1 aromatic rings. The molecule has 0 unspecified atom stereocenters. The zero-order chi connectivity index (χ0) is 11.6. The van der Waals surface area contributed by atoms with E-state index in [1.165, 1.54) is 12.1 Å². The van der Waals surface area contributed by atoms with Gasteiger partial charge in [-0.1, -0.05) is 15.9 Å². The van der Waals surface area contributed by atoms with E-state index in [9.17, 15) is 8.42 Å². The summed E-state index contributed by atoms with van der Waals surface area (Å²) in [6, 6.07) is 4.43. The van der Waals surface area contributed by atoms with E-state index >= 15 is 0 Å². The molecule has 0 aliphatic carbocycles. The van der Waals surface area contributed by atoms with E-state index in [0.29, 0.717) is 10.0 Å². The summed E-state index contributed by atoms with van der Waals surface area (Å²) < 4.78 is 22.9. The largest absolute Gasteiger partial charge is 0.262 e. The van der Waals surface area contributed by atoms with Gasteiger partial charge < -0.3 is 0 Å². The van der Waals surface area contributed by atoms with Gasteiger partial charge in [0.2, 0.25) is 0 Å². The number of benzene rings is 1. The first-order chi connectivity index (χ1) is 6.90. The maximum absolute atomic E-state index is 11.1. The Bertz CT molecular complexity index is 536. The average molecular weight is 329 g/mol. The fourth-order valence-corrected chi connectivity index (χ4v) is 2.89. The summed E-state index contributed by atoms with van der Waals surface area (Å²) in [4.78, 5) is -0.217. The molecule has 0 amide bonds. The lowest BCUT2D eigenvalue weighted by atomic mass is 10.2. The lowest BCUT2D eigenvalue weighted by Gasteiger charge is -2.04. The summed E-state index contributed by atoms with van der Waals surface area (Å²) in [6.45, 7) is 0. The number of hydrogen-bond acceptors (Lipinski definition) is 3. The van der Waals surface area contributed by atoms with E-state index in [2.05, 4.69) is 15.9 Å². The van der Waals surface area contributed by atoms with Gasteiger partial charge in [0, 0.05) is 21.0 Å². The topological polar surface area (TPSA) is 57.9 Å². The first-order valence-corrected chi connectivity index (χ1v) is 7.27. The lowest BCUT2D eigenvalue weighted by Crippen LogP contribution is -1.97. The van der Waals surface area contributed by atoms with Crippen LogP contribution in [-0.4, -0.2) is 8.42 Å². The molecule has 0 spiro atoms. The van der Waals surface area contributed by atoms with E-state index in [0.717, 1.165) is 0 Å². The highest BCUT2D eigenvalue weighted by Crippen LogP contribution is 2.28. The molecule has 0 aliphatic rings. The van der Waals surface area contributed by atoms with Gasteiger partial charge in [-0.15, -0.1) is 11.6 Å². The maximum Gasteiger partial charge on any atom is 0.262 e. The molecule has 0 atom stereocenters. The minimum Gasteiger partial charge on any atom is -0.207 e. The Kier molecular flexibility index (Phi) is 4.01. The van der Waals surface area contributed by atoms with Gasteiger partial charge in [-0.05, 0) is 17.7 Å². The Morgan fingerprint density at radius 2 is 2.07 bits per heavy atom. The highest BCUT2D eigenvalue weighted by atomic mass is 79.9. The summed E-state index contributed by atoms with van der Waals surface area (Å²) in [6.07, 6.45) is 0. The van der Waals surface area contributed by atoms with Crippen LogP contribution in [0.4, 0.5) is 0 Å². The first-order valence-electron chi connectivity index (χ1n) is 3.63. The van der Waals surface area contributed by atoms with Gasteiger partial charge >= 0.3 is 0 Å². The smallest absolute Gasteiger partial charge is 0.207 e. The van der Waals surface area contributed by atoms with Crippen molar-refractivity contribution in [2.24, 2.45) is 0 Å². The molecule has 1 aromatic carbocycles. The number of halogens is 3. The summed E-state index contributed by atoms with van der Waals surface area (Å²) >= 11 is 8.77. The summed E-state index contributed by atoms with van der Waals surface area (Å²) in [5, 5.41) is 8.74. The monoisotopic (exact) mass is 327 g/mol. The van der Waals surface area contributed by atoms with E-state index in [4.69, 9.17) is 27.5 Å². The van der Waals surface area contributed by atoms with E-state index in [-0.39, 0.29) is 16.3 Å². The second-order valence-corrected chi connectivity index (χ2v) is 6.28. The van der Waals surface area contributed by atoms with E-state index in [1.54, 1.807) is 6.07 Å². The predicted molar refractivity (Wildman–Crippen MR) is 61.5 cm³/mol. The van der Waals surface area contributed by atoms with Crippen molar-refractivity contribution in [3.63, 3.8) is 0 Å². The van der Waals surface area contributed by atoms with Crippen LogP contribution in [0.15, 0.2) is 21.5 Å². The molecule has 15 heavy (non-hydrogen) atoms. The second-order valence-electron chi connectivity index (χ2n) is 2.62. The van der Waals surface area contributed by atoms with Crippen molar-refractivity contribution in [2.45, 2.75) is 10.8 Å². The van der Waals surface area contributed by atoms with Crippen molar-refractivity contribution in [1.29, 1.82) is 5.26 Å². The van der Waals surface area contributed by atoms with Gasteiger partial charge in [0.25, 0.3) is 9.05 Å². The van der Waals surface area contributed by atoms with Crippen LogP contribution in [0.2, 0.25) is 0 Å². The Balaban J connectivity index is 3.59. The normalized spacial score (nSPS) is 11.1. The molecule has 0 aliphatic heterocycles. The average Bonchev–Trinajstić information content (AvgIpc) is 2.15. The molecule has 0 heterocycles. The van der Waals surface area contributed by atoms with Gasteiger partial charge in [-0.2, -0.15) is 5.26 Å². The fraction of sp³-hybridized carbons (Fsp3) is 0.125. The molecule has 7 heteroatoms. The number of hydrogen-bond donors (Lipinski definition) is 0. The van der Waals surface area contributed by atoms with Crippen molar-refractivity contribution >= 4 is 47.3 Å². The van der Waals surface area contributed by atoms with Crippen molar-refractivity contribution in [3.8, 4) is 6.07 Å². The zero-order valence-corrected chi connectivity index (χ0v) is 11.1. The van der Waals surface area contributed by atoms with Crippen molar-refractivity contribution in [2.75, 3.05) is 0 Å². The van der Waals surface area contributed by atoms with Crippen LogP contribution in [0.1, 0.15) is 11.1 Å². The maximum atomic E-state index is 11.1. The quantitative estimate of drug-likeness (QED) is 0.619. The third-order valence-electron chi connectivity index (χ3n) is 1.68. The molecule has 0 fully saturated rings. The minimum atomic E-state index is -3.92. The molecule has 3 nitrogen and oxygen atoms in total.